The number of carbonyl (C=O) groups excluding carboxylic acids is 1. The maximum atomic E-state index is 12.8. The third-order valence-corrected chi connectivity index (χ3v) is 2.59. The van der Waals surface area contributed by atoms with E-state index < -0.39 is 18.0 Å². The molecule has 3 nitrogen and oxygen atoms in total. The maximum Gasteiger partial charge on any atom is 0.309 e. The van der Waals surface area contributed by atoms with Gasteiger partial charge in [-0.15, -0.1) is 0 Å². The molecule has 17 heavy (non-hydrogen) atoms. The fourth-order valence-electron chi connectivity index (χ4n) is 1.40. The number of esters is 1. The van der Waals surface area contributed by atoms with Crippen LogP contribution in [0.15, 0.2) is 16.6 Å². The molecule has 0 spiro atoms. The maximum absolute atomic E-state index is 12.8. The second kappa shape index (κ2) is 5.73. The average molecular weight is 304 g/mol. The molecule has 6 heteroatoms. The predicted octanol–water partition coefficient (Wildman–Crippen LogP) is 2.97. The molecule has 0 aliphatic rings. The highest BCUT2D eigenvalue weighted by molar-refractivity contribution is 9.10. The van der Waals surface area contributed by atoms with Crippen molar-refractivity contribution < 1.29 is 18.3 Å². The number of nitrogens with zero attached hydrogens (tertiary/aromatic N) is 1. The van der Waals surface area contributed by atoms with Gasteiger partial charge in [0.15, 0.2) is 0 Å². The molecule has 1 rings (SSSR count). The molecule has 0 heterocycles. The Morgan fingerprint density at radius 1 is 1.59 bits per heavy atom. The van der Waals surface area contributed by atoms with Gasteiger partial charge in [-0.1, -0.05) is 15.9 Å². The summed E-state index contributed by atoms with van der Waals surface area (Å²) in [5.74, 6) is -0.631. The molecule has 1 aromatic rings. The highest BCUT2D eigenvalue weighted by atomic mass is 79.9. The largest absolute Gasteiger partial charge is 0.469 e. The number of rotatable bonds is 3. The molecular formula is C11H8BrF2NO2. The van der Waals surface area contributed by atoms with Crippen LogP contribution in [0.25, 0.3) is 0 Å². The van der Waals surface area contributed by atoms with Gasteiger partial charge in [-0.2, -0.15) is 5.26 Å². The smallest absolute Gasteiger partial charge is 0.309 e. The Hall–Kier alpha value is -1.48. The first-order valence-corrected chi connectivity index (χ1v) is 5.36. The van der Waals surface area contributed by atoms with Crippen molar-refractivity contribution in [3.05, 3.63) is 33.3 Å². The summed E-state index contributed by atoms with van der Waals surface area (Å²) in [6, 6.07) is 4.37. The van der Waals surface area contributed by atoms with E-state index in [9.17, 15) is 13.6 Å². The number of hydrogen-bond acceptors (Lipinski definition) is 3. The summed E-state index contributed by atoms with van der Waals surface area (Å²) < 4.78 is 30.6. The quantitative estimate of drug-likeness (QED) is 0.807. The van der Waals surface area contributed by atoms with Gasteiger partial charge in [-0.3, -0.25) is 4.79 Å². The van der Waals surface area contributed by atoms with E-state index >= 15 is 0 Å². The van der Waals surface area contributed by atoms with Gasteiger partial charge in [-0.05, 0) is 17.7 Å². The van der Waals surface area contributed by atoms with Gasteiger partial charge in [0.2, 0.25) is 0 Å². The second-order valence-electron chi connectivity index (χ2n) is 3.19. The van der Waals surface area contributed by atoms with E-state index in [-0.39, 0.29) is 17.5 Å². The summed E-state index contributed by atoms with van der Waals surface area (Å²) >= 11 is 3.10. The number of halogens is 3. The van der Waals surface area contributed by atoms with Gasteiger partial charge in [0.25, 0.3) is 6.43 Å². The van der Waals surface area contributed by atoms with Crippen LogP contribution in [0.5, 0.6) is 0 Å². The molecule has 0 atom stereocenters. The standard InChI is InChI=1S/C11H8BrF2NO2/c1-17-9(16)4-6-2-8(12)3-7(5-15)10(6)11(13)14/h2-3,11H,4H2,1H3. The second-order valence-corrected chi connectivity index (χ2v) is 4.11. The van der Waals surface area contributed by atoms with Crippen LogP contribution in [-0.2, 0) is 16.0 Å². The molecule has 0 aromatic heterocycles. The van der Waals surface area contributed by atoms with Crippen molar-refractivity contribution in [2.45, 2.75) is 12.8 Å². The van der Waals surface area contributed by atoms with E-state index in [4.69, 9.17) is 5.26 Å². The van der Waals surface area contributed by atoms with Gasteiger partial charge < -0.3 is 4.74 Å². The van der Waals surface area contributed by atoms with Crippen molar-refractivity contribution in [3.8, 4) is 6.07 Å². The van der Waals surface area contributed by atoms with Crippen LogP contribution in [0, 0.1) is 11.3 Å². The number of hydrogen-bond donors (Lipinski definition) is 0. The fourth-order valence-corrected chi connectivity index (χ4v) is 1.90. The Morgan fingerprint density at radius 3 is 2.71 bits per heavy atom. The van der Waals surface area contributed by atoms with Gasteiger partial charge in [0, 0.05) is 10.0 Å². The van der Waals surface area contributed by atoms with Crippen molar-refractivity contribution >= 4 is 21.9 Å². The van der Waals surface area contributed by atoms with Crippen LogP contribution in [0.4, 0.5) is 8.78 Å². The summed E-state index contributed by atoms with van der Waals surface area (Å²) in [7, 11) is 1.17. The first-order chi connectivity index (χ1) is 7.99. The van der Waals surface area contributed by atoms with E-state index in [0.717, 1.165) is 0 Å². The van der Waals surface area contributed by atoms with Crippen LogP contribution >= 0.6 is 15.9 Å². The minimum absolute atomic E-state index is 0.0952. The van der Waals surface area contributed by atoms with Crippen molar-refractivity contribution in [2.24, 2.45) is 0 Å². The SMILES string of the molecule is COC(=O)Cc1cc(Br)cc(C#N)c1C(F)F. The number of methoxy groups -OCH3 is 1. The van der Waals surface area contributed by atoms with Gasteiger partial charge in [0.1, 0.15) is 0 Å². The summed E-state index contributed by atoms with van der Waals surface area (Å²) in [5, 5.41) is 8.79. The van der Waals surface area contributed by atoms with Crippen LogP contribution in [0.2, 0.25) is 0 Å². The van der Waals surface area contributed by atoms with Crippen molar-refractivity contribution in [3.63, 3.8) is 0 Å². The normalized spacial score (nSPS) is 10.1. The summed E-state index contributed by atoms with van der Waals surface area (Å²) in [4.78, 5) is 11.1. The molecule has 0 unspecified atom stereocenters. The lowest BCUT2D eigenvalue weighted by atomic mass is 9.99. The van der Waals surface area contributed by atoms with E-state index in [2.05, 4.69) is 20.7 Å². The third-order valence-electron chi connectivity index (χ3n) is 2.13. The minimum Gasteiger partial charge on any atom is -0.469 e. The summed E-state index contributed by atoms with van der Waals surface area (Å²) in [5.41, 5.74) is -0.466. The molecule has 1 aromatic carbocycles. The van der Waals surface area contributed by atoms with E-state index in [1.165, 1.54) is 19.2 Å². The van der Waals surface area contributed by atoms with Crippen LogP contribution in [0.1, 0.15) is 23.1 Å². The van der Waals surface area contributed by atoms with Gasteiger partial charge in [0.05, 0.1) is 25.2 Å². The number of ether oxygens (including phenoxy) is 1. The molecular weight excluding hydrogens is 296 g/mol. The highest BCUT2D eigenvalue weighted by Gasteiger charge is 2.20. The van der Waals surface area contributed by atoms with Gasteiger partial charge >= 0.3 is 5.97 Å². The lowest BCUT2D eigenvalue weighted by molar-refractivity contribution is -0.139. The van der Waals surface area contributed by atoms with E-state index in [1.54, 1.807) is 6.07 Å². The molecule has 0 saturated heterocycles. The number of benzene rings is 1. The van der Waals surface area contributed by atoms with Crippen molar-refractivity contribution in [2.75, 3.05) is 7.11 Å². The van der Waals surface area contributed by atoms with Gasteiger partial charge in [-0.25, -0.2) is 8.78 Å². The Bertz CT molecular complexity index is 483. The van der Waals surface area contributed by atoms with E-state index in [1.807, 2.05) is 0 Å². The highest BCUT2D eigenvalue weighted by Crippen LogP contribution is 2.30. The molecule has 0 aliphatic heterocycles. The lowest BCUT2D eigenvalue weighted by Crippen LogP contribution is -2.08. The molecule has 0 radical (unpaired) electrons. The van der Waals surface area contributed by atoms with E-state index in [0.29, 0.717) is 4.47 Å². The molecule has 0 bridgehead atoms. The van der Waals surface area contributed by atoms with Crippen molar-refractivity contribution in [1.82, 2.24) is 0 Å². The monoisotopic (exact) mass is 303 g/mol. The average Bonchev–Trinajstić information content (AvgIpc) is 2.27. The van der Waals surface area contributed by atoms with Crippen molar-refractivity contribution in [1.29, 1.82) is 5.26 Å². The molecule has 0 fully saturated rings. The Balaban J connectivity index is 3.31. The molecule has 0 N–H and O–H groups in total. The number of alkyl halides is 2. The zero-order chi connectivity index (χ0) is 13.0. The zero-order valence-corrected chi connectivity index (χ0v) is 10.4. The first kappa shape index (κ1) is 13.6. The lowest BCUT2D eigenvalue weighted by Gasteiger charge is -2.10. The minimum atomic E-state index is -2.81. The third kappa shape index (κ3) is 3.24. The molecule has 0 amide bonds. The molecule has 0 aliphatic carbocycles. The Kier molecular flexibility index (Phi) is 4.58. The topological polar surface area (TPSA) is 50.1 Å². The molecule has 90 valence electrons. The summed E-state index contributed by atoms with van der Waals surface area (Å²) in [6.45, 7) is 0. The van der Waals surface area contributed by atoms with Crippen LogP contribution in [-0.4, -0.2) is 13.1 Å². The Morgan fingerprint density at radius 2 is 2.24 bits per heavy atom. The molecule has 0 saturated carbocycles. The zero-order valence-electron chi connectivity index (χ0n) is 8.84. The fraction of sp³-hybridized carbons (Fsp3) is 0.273. The first-order valence-electron chi connectivity index (χ1n) is 4.57. The van der Waals surface area contributed by atoms with Crippen LogP contribution < -0.4 is 0 Å². The number of nitriles is 1. The number of carbonyl (C=O) groups is 1. The summed E-state index contributed by atoms with van der Waals surface area (Å²) in [6.07, 6.45) is -3.10. The van der Waals surface area contributed by atoms with Crippen LogP contribution in [0.3, 0.4) is 0 Å². The predicted molar refractivity (Wildman–Crippen MR) is 59.5 cm³/mol. The Labute approximate surface area is 105 Å².